The Kier molecular flexibility index (Phi) is 2.15. The topological polar surface area (TPSA) is 30.5 Å². The Bertz CT molecular complexity index is 378. The van der Waals surface area contributed by atoms with Crippen LogP contribution in [0, 0.1) is 0 Å². The Labute approximate surface area is 89.4 Å². The summed E-state index contributed by atoms with van der Waals surface area (Å²) in [6.45, 7) is 2.67. The van der Waals surface area contributed by atoms with Crippen LogP contribution in [-0.2, 0) is 11.3 Å². The van der Waals surface area contributed by atoms with Crippen molar-refractivity contribution in [3.63, 3.8) is 0 Å². The van der Waals surface area contributed by atoms with Crippen molar-refractivity contribution < 1.29 is 9.47 Å². The first-order valence-electron chi connectivity index (χ1n) is 5.38. The van der Waals surface area contributed by atoms with Crippen molar-refractivity contribution in [2.24, 2.45) is 0 Å². The van der Waals surface area contributed by atoms with Gasteiger partial charge >= 0.3 is 0 Å². The summed E-state index contributed by atoms with van der Waals surface area (Å²) in [4.78, 5) is 0. The van der Waals surface area contributed by atoms with Crippen molar-refractivity contribution in [3.8, 4) is 5.75 Å². The minimum atomic E-state index is 0.351. The van der Waals surface area contributed by atoms with Gasteiger partial charge in [0, 0.05) is 24.6 Å². The lowest BCUT2D eigenvalue weighted by atomic mass is 9.89. The van der Waals surface area contributed by atoms with Crippen LogP contribution in [0.15, 0.2) is 18.2 Å². The van der Waals surface area contributed by atoms with Gasteiger partial charge in [0.1, 0.15) is 5.75 Å². The van der Waals surface area contributed by atoms with Crippen LogP contribution in [0.4, 0.5) is 0 Å². The first-order valence-corrected chi connectivity index (χ1v) is 5.38. The second kappa shape index (κ2) is 3.51. The third-order valence-electron chi connectivity index (χ3n) is 3.39. The van der Waals surface area contributed by atoms with E-state index in [-0.39, 0.29) is 0 Å². The first-order chi connectivity index (χ1) is 7.40. The molecule has 2 aliphatic heterocycles. The summed E-state index contributed by atoms with van der Waals surface area (Å²) < 4.78 is 11.2. The average molecular weight is 205 g/mol. The number of nitrogens with one attached hydrogen (secondary N) is 1. The molecule has 0 aromatic heterocycles. The van der Waals surface area contributed by atoms with E-state index in [1.165, 1.54) is 11.1 Å². The SMILES string of the molecule is COc1cccc2c1CO[C@@H]1CNC[C@H]21. The molecule has 0 unspecified atom stereocenters. The normalized spacial score (nSPS) is 28.3. The molecule has 0 aliphatic carbocycles. The van der Waals surface area contributed by atoms with E-state index in [1.54, 1.807) is 7.11 Å². The Morgan fingerprint density at radius 1 is 1.40 bits per heavy atom. The molecule has 80 valence electrons. The summed E-state index contributed by atoms with van der Waals surface area (Å²) in [7, 11) is 1.72. The van der Waals surface area contributed by atoms with Crippen LogP contribution in [-0.4, -0.2) is 26.3 Å². The third kappa shape index (κ3) is 1.34. The molecular formula is C12H15NO2. The maximum atomic E-state index is 5.83. The van der Waals surface area contributed by atoms with Crippen molar-refractivity contribution in [2.75, 3.05) is 20.2 Å². The molecule has 1 fully saturated rings. The van der Waals surface area contributed by atoms with Crippen molar-refractivity contribution in [2.45, 2.75) is 18.6 Å². The Morgan fingerprint density at radius 3 is 3.20 bits per heavy atom. The lowest BCUT2D eigenvalue weighted by Crippen LogP contribution is -2.27. The number of fused-ring (bicyclic) bond motifs is 3. The van der Waals surface area contributed by atoms with Crippen molar-refractivity contribution in [1.29, 1.82) is 0 Å². The molecule has 2 aliphatic rings. The fraction of sp³-hybridized carbons (Fsp3) is 0.500. The zero-order chi connectivity index (χ0) is 10.3. The first kappa shape index (κ1) is 9.19. The lowest BCUT2D eigenvalue weighted by molar-refractivity contribution is 0.0286. The van der Waals surface area contributed by atoms with Gasteiger partial charge in [-0.1, -0.05) is 12.1 Å². The fourth-order valence-electron chi connectivity index (χ4n) is 2.61. The number of rotatable bonds is 1. The summed E-state index contributed by atoms with van der Waals surface area (Å²) in [5, 5.41) is 3.38. The summed E-state index contributed by atoms with van der Waals surface area (Å²) in [6.07, 6.45) is 0.351. The van der Waals surface area contributed by atoms with Crippen LogP contribution in [0.2, 0.25) is 0 Å². The van der Waals surface area contributed by atoms with Gasteiger partial charge in [0.15, 0.2) is 0 Å². The van der Waals surface area contributed by atoms with Gasteiger partial charge in [-0.25, -0.2) is 0 Å². The number of methoxy groups -OCH3 is 1. The van der Waals surface area contributed by atoms with E-state index < -0.39 is 0 Å². The van der Waals surface area contributed by atoms with Gasteiger partial charge in [-0.3, -0.25) is 0 Å². The van der Waals surface area contributed by atoms with Gasteiger partial charge in [-0.15, -0.1) is 0 Å². The molecule has 3 nitrogen and oxygen atoms in total. The van der Waals surface area contributed by atoms with Crippen LogP contribution in [0.25, 0.3) is 0 Å². The largest absolute Gasteiger partial charge is 0.496 e. The van der Waals surface area contributed by atoms with E-state index in [0.717, 1.165) is 18.8 Å². The van der Waals surface area contributed by atoms with Gasteiger partial charge in [0.05, 0.1) is 19.8 Å². The molecule has 1 saturated heterocycles. The molecule has 1 aromatic rings. The van der Waals surface area contributed by atoms with Crippen LogP contribution in [0.3, 0.4) is 0 Å². The minimum absolute atomic E-state index is 0.351. The number of hydrogen-bond donors (Lipinski definition) is 1. The predicted molar refractivity (Wildman–Crippen MR) is 57.2 cm³/mol. The molecule has 15 heavy (non-hydrogen) atoms. The molecule has 1 N–H and O–H groups in total. The van der Waals surface area contributed by atoms with Crippen molar-refractivity contribution >= 4 is 0 Å². The fourth-order valence-corrected chi connectivity index (χ4v) is 2.61. The van der Waals surface area contributed by atoms with Crippen molar-refractivity contribution in [1.82, 2.24) is 5.32 Å². The molecule has 0 amide bonds. The highest BCUT2D eigenvalue weighted by atomic mass is 16.5. The highest BCUT2D eigenvalue weighted by Gasteiger charge is 2.35. The highest BCUT2D eigenvalue weighted by molar-refractivity contribution is 5.44. The van der Waals surface area contributed by atoms with E-state index in [9.17, 15) is 0 Å². The van der Waals surface area contributed by atoms with Crippen LogP contribution in [0.5, 0.6) is 5.75 Å². The maximum Gasteiger partial charge on any atom is 0.124 e. The van der Waals surface area contributed by atoms with Crippen molar-refractivity contribution in [3.05, 3.63) is 29.3 Å². The van der Waals surface area contributed by atoms with E-state index in [4.69, 9.17) is 9.47 Å². The summed E-state index contributed by atoms with van der Waals surface area (Å²) in [6, 6.07) is 6.27. The zero-order valence-electron chi connectivity index (χ0n) is 8.82. The zero-order valence-corrected chi connectivity index (χ0v) is 8.82. The quantitative estimate of drug-likeness (QED) is 0.749. The van der Waals surface area contributed by atoms with E-state index in [2.05, 4.69) is 17.4 Å². The highest BCUT2D eigenvalue weighted by Crippen LogP contribution is 2.37. The van der Waals surface area contributed by atoms with E-state index in [1.807, 2.05) is 6.07 Å². The third-order valence-corrected chi connectivity index (χ3v) is 3.39. The molecule has 3 heteroatoms. The monoisotopic (exact) mass is 205 g/mol. The summed E-state index contributed by atoms with van der Waals surface area (Å²) in [5.74, 6) is 1.46. The number of benzene rings is 1. The smallest absolute Gasteiger partial charge is 0.124 e. The van der Waals surface area contributed by atoms with Crippen LogP contribution >= 0.6 is 0 Å². The molecule has 3 rings (SSSR count). The second-order valence-electron chi connectivity index (χ2n) is 4.14. The Morgan fingerprint density at radius 2 is 2.33 bits per heavy atom. The van der Waals surface area contributed by atoms with E-state index in [0.29, 0.717) is 18.6 Å². The predicted octanol–water partition coefficient (Wildman–Crippen LogP) is 1.28. The maximum absolute atomic E-state index is 5.83. The Hall–Kier alpha value is -1.06. The van der Waals surface area contributed by atoms with Gasteiger partial charge in [0.25, 0.3) is 0 Å². The molecule has 0 saturated carbocycles. The van der Waals surface area contributed by atoms with Crippen LogP contribution < -0.4 is 10.1 Å². The molecule has 0 bridgehead atoms. The number of ether oxygens (including phenoxy) is 2. The minimum Gasteiger partial charge on any atom is -0.496 e. The molecule has 0 spiro atoms. The summed E-state index contributed by atoms with van der Waals surface area (Å²) in [5.41, 5.74) is 2.63. The van der Waals surface area contributed by atoms with Gasteiger partial charge in [-0.05, 0) is 11.6 Å². The lowest BCUT2D eigenvalue weighted by Gasteiger charge is -2.28. The standard InChI is InChI=1S/C12H15NO2/c1-14-11-4-2-3-8-9-5-13-6-12(9)15-7-10(8)11/h2-4,9,12-13H,5-7H2,1H3/t9-,12-/m1/s1. The average Bonchev–Trinajstić information content (AvgIpc) is 2.76. The summed E-state index contributed by atoms with van der Waals surface area (Å²) >= 11 is 0. The molecule has 0 radical (unpaired) electrons. The van der Waals surface area contributed by atoms with Gasteiger partial charge in [0.2, 0.25) is 0 Å². The van der Waals surface area contributed by atoms with E-state index >= 15 is 0 Å². The van der Waals surface area contributed by atoms with Crippen LogP contribution in [0.1, 0.15) is 17.0 Å². The molecule has 2 atom stereocenters. The molecular weight excluding hydrogens is 190 g/mol. The Balaban J connectivity index is 2.07. The van der Waals surface area contributed by atoms with Gasteiger partial charge in [-0.2, -0.15) is 0 Å². The second-order valence-corrected chi connectivity index (χ2v) is 4.14. The van der Waals surface area contributed by atoms with Gasteiger partial charge < -0.3 is 14.8 Å². The molecule has 1 aromatic carbocycles. The number of hydrogen-bond acceptors (Lipinski definition) is 3. The molecule has 2 heterocycles.